The molecule has 0 radical (unpaired) electrons. The Morgan fingerprint density at radius 2 is 2.18 bits per heavy atom. The normalized spacial score (nSPS) is 20.5. The first-order valence-electron chi connectivity index (χ1n) is 7.51. The van der Waals surface area contributed by atoms with Crippen LogP contribution in [-0.2, 0) is 16.7 Å². The monoisotopic (exact) mass is 322 g/mol. The lowest BCUT2D eigenvalue weighted by molar-refractivity contribution is -0.0380. The molecule has 1 aliphatic heterocycles. The Bertz CT molecular complexity index is 632. The van der Waals surface area contributed by atoms with Crippen LogP contribution in [0.3, 0.4) is 0 Å². The van der Waals surface area contributed by atoms with Crippen molar-refractivity contribution >= 4 is 11.3 Å². The van der Waals surface area contributed by atoms with E-state index in [1.165, 1.54) is 0 Å². The summed E-state index contributed by atoms with van der Waals surface area (Å²) < 4.78 is 10.8. The van der Waals surface area contributed by atoms with Crippen LogP contribution in [0.15, 0.2) is 9.90 Å². The SMILES string of the molecule is Cc1nc([C@@H]2CN(Cc3nc(C(C)(C)C)cs3)CCO2)no1. The average Bonchev–Trinajstić information content (AvgIpc) is 3.08. The molecule has 0 saturated carbocycles. The number of rotatable bonds is 3. The van der Waals surface area contributed by atoms with E-state index >= 15 is 0 Å². The summed E-state index contributed by atoms with van der Waals surface area (Å²) in [6, 6.07) is 0. The molecule has 3 rings (SSSR count). The second-order valence-electron chi connectivity index (χ2n) is 6.64. The molecule has 3 heterocycles. The highest BCUT2D eigenvalue weighted by Gasteiger charge is 2.27. The van der Waals surface area contributed by atoms with Crippen LogP contribution in [-0.4, -0.2) is 39.7 Å². The number of aromatic nitrogens is 3. The molecule has 1 aliphatic rings. The van der Waals surface area contributed by atoms with E-state index in [0.717, 1.165) is 30.3 Å². The van der Waals surface area contributed by atoms with E-state index in [1.807, 2.05) is 0 Å². The summed E-state index contributed by atoms with van der Waals surface area (Å²) >= 11 is 1.73. The number of thiazole rings is 1. The fourth-order valence-electron chi connectivity index (χ4n) is 2.37. The van der Waals surface area contributed by atoms with Crippen molar-refractivity contribution in [2.75, 3.05) is 19.7 Å². The van der Waals surface area contributed by atoms with Crippen molar-refractivity contribution in [3.63, 3.8) is 0 Å². The van der Waals surface area contributed by atoms with Gasteiger partial charge in [-0.05, 0) is 0 Å². The highest BCUT2D eigenvalue weighted by molar-refractivity contribution is 7.09. The molecule has 2 aromatic heterocycles. The standard InChI is InChI=1S/C15H22N4O2S/c1-10-16-14(18-21-10)11-7-19(5-6-20-11)8-13-17-12(9-22-13)15(2,3)4/h9,11H,5-8H2,1-4H3/t11-/m0/s1. The van der Waals surface area contributed by atoms with E-state index in [0.29, 0.717) is 18.3 Å². The van der Waals surface area contributed by atoms with Crippen LogP contribution in [0.4, 0.5) is 0 Å². The molecule has 120 valence electrons. The topological polar surface area (TPSA) is 64.3 Å². The molecule has 0 bridgehead atoms. The molecule has 0 spiro atoms. The van der Waals surface area contributed by atoms with Gasteiger partial charge in [0.1, 0.15) is 11.1 Å². The van der Waals surface area contributed by atoms with Crippen LogP contribution in [0.1, 0.15) is 49.3 Å². The molecule has 0 unspecified atom stereocenters. The fraction of sp³-hybridized carbons (Fsp3) is 0.667. The molecule has 0 N–H and O–H groups in total. The zero-order valence-electron chi connectivity index (χ0n) is 13.5. The summed E-state index contributed by atoms with van der Waals surface area (Å²) in [7, 11) is 0. The summed E-state index contributed by atoms with van der Waals surface area (Å²) in [5.74, 6) is 1.21. The first-order chi connectivity index (χ1) is 10.4. The minimum absolute atomic E-state index is 0.102. The highest BCUT2D eigenvalue weighted by atomic mass is 32.1. The molecule has 0 aromatic carbocycles. The predicted molar refractivity (Wildman–Crippen MR) is 83.8 cm³/mol. The third-order valence-electron chi connectivity index (χ3n) is 3.66. The molecule has 2 aromatic rings. The second-order valence-corrected chi connectivity index (χ2v) is 7.59. The predicted octanol–water partition coefficient (Wildman–Crippen LogP) is 2.71. The summed E-state index contributed by atoms with van der Waals surface area (Å²) in [4.78, 5) is 11.4. The second kappa shape index (κ2) is 6.06. The van der Waals surface area contributed by atoms with Crippen molar-refractivity contribution in [3.05, 3.63) is 27.8 Å². The zero-order valence-corrected chi connectivity index (χ0v) is 14.3. The molecule has 0 aliphatic carbocycles. The minimum Gasteiger partial charge on any atom is -0.367 e. The maximum atomic E-state index is 5.76. The van der Waals surface area contributed by atoms with Gasteiger partial charge in [-0.3, -0.25) is 4.90 Å². The Morgan fingerprint density at radius 3 is 2.82 bits per heavy atom. The molecule has 1 fully saturated rings. The van der Waals surface area contributed by atoms with E-state index in [4.69, 9.17) is 14.2 Å². The number of ether oxygens (including phenoxy) is 1. The smallest absolute Gasteiger partial charge is 0.223 e. The first kappa shape index (κ1) is 15.6. The summed E-state index contributed by atoms with van der Waals surface area (Å²) in [6.45, 7) is 11.6. The molecular formula is C15H22N4O2S. The van der Waals surface area contributed by atoms with Gasteiger partial charge in [0.2, 0.25) is 11.7 Å². The van der Waals surface area contributed by atoms with Crippen molar-refractivity contribution in [2.45, 2.75) is 45.8 Å². The maximum Gasteiger partial charge on any atom is 0.223 e. The maximum absolute atomic E-state index is 5.76. The van der Waals surface area contributed by atoms with Gasteiger partial charge in [0, 0.05) is 30.8 Å². The summed E-state index contributed by atoms with van der Waals surface area (Å²) in [5.41, 5.74) is 1.26. The lowest BCUT2D eigenvalue weighted by Gasteiger charge is -2.30. The molecule has 1 saturated heterocycles. The molecule has 6 nitrogen and oxygen atoms in total. The van der Waals surface area contributed by atoms with Crippen molar-refractivity contribution in [1.29, 1.82) is 0 Å². The van der Waals surface area contributed by atoms with Gasteiger partial charge in [-0.1, -0.05) is 25.9 Å². The van der Waals surface area contributed by atoms with Crippen molar-refractivity contribution in [3.8, 4) is 0 Å². The number of hydrogen-bond acceptors (Lipinski definition) is 7. The molecule has 1 atom stereocenters. The number of nitrogens with zero attached hydrogens (tertiary/aromatic N) is 4. The lowest BCUT2D eigenvalue weighted by atomic mass is 9.93. The van der Waals surface area contributed by atoms with Crippen molar-refractivity contribution < 1.29 is 9.26 Å². The van der Waals surface area contributed by atoms with Gasteiger partial charge in [0.15, 0.2) is 0 Å². The van der Waals surface area contributed by atoms with Gasteiger partial charge in [0.05, 0.1) is 18.8 Å². The van der Waals surface area contributed by atoms with E-state index in [-0.39, 0.29) is 11.5 Å². The molecule has 22 heavy (non-hydrogen) atoms. The number of hydrogen-bond donors (Lipinski definition) is 0. The number of aryl methyl sites for hydroxylation is 1. The fourth-order valence-corrected chi connectivity index (χ4v) is 3.43. The van der Waals surface area contributed by atoms with Crippen LogP contribution in [0, 0.1) is 6.92 Å². The van der Waals surface area contributed by atoms with Crippen LogP contribution < -0.4 is 0 Å². The quantitative estimate of drug-likeness (QED) is 0.866. The summed E-state index contributed by atoms with van der Waals surface area (Å²) in [5, 5.41) is 7.28. The zero-order chi connectivity index (χ0) is 15.7. The van der Waals surface area contributed by atoms with Gasteiger partial charge in [0.25, 0.3) is 0 Å². The molecule has 0 amide bonds. The van der Waals surface area contributed by atoms with Crippen LogP contribution in [0.25, 0.3) is 0 Å². The van der Waals surface area contributed by atoms with Crippen molar-refractivity contribution in [1.82, 2.24) is 20.0 Å². The van der Waals surface area contributed by atoms with E-state index in [2.05, 4.69) is 41.2 Å². The molecule has 7 heteroatoms. The third-order valence-corrected chi connectivity index (χ3v) is 4.49. The van der Waals surface area contributed by atoms with Crippen molar-refractivity contribution in [2.24, 2.45) is 0 Å². The van der Waals surface area contributed by atoms with Gasteiger partial charge in [-0.2, -0.15) is 4.98 Å². The Kier molecular flexibility index (Phi) is 4.29. The minimum atomic E-state index is -0.117. The Morgan fingerprint density at radius 1 is 1.36 bits per heavy atom. The summed E-state index contributed by atoms with van der Waals surface area (Å²) in [6.07, 6.45) is -0.117. The Labute approximate surface area is 134 Å². The van der Waals surface area contributed by atoms with E-state index in [9.17, 15) is 0 Å². The largest absolute Gasteiger partial charge is 0.367 e. The Balaban J connectivity index is 1.64. The third kappa shape index (κ3) is 3.53. The highest BCUT2D eigenvalue weighted by Crippen LogP contribution is 2.26. The van der Waals surface area contributed by atoms with Gasteiger partial charge in [-0.15, -0.1) is 11.3 Å². The first-order valence-corrected chi connectivity index (χ1v) is 8.39. The van der Waals surface area contributed by atoms with Gasteiger partial charge in [-0.25, -0.2) is 4.98 Å². The van der Waals surface area contributed by atoms with Gasteiger partial charge >= 0.3 is 0 Å². The lowest BCUT2D eigenvalue weighted by Crippen LogP contribution is -2.38. The van der Waals surface area contributed by atoms with Crippen LogP contribution >= 0.6 is 11.3 Å². The molecular weight excluding hydrogens is 300 g/mol. The van der Waals surface area contributed by atoms with Crippen LogP contribution in [0.2, 0.25) is 0 Å². The van der Waals surface area contributed by atoms with Crippen LogP contribution in [0.5, 0.6) is 0 Å². The van der Waals surface area contributed by atoms with Gasteiger partial charge < -0.3 is 9.26 Å². The van der Waals surface area contributed by atoms with E-state index < -0.39 is 0 Å². The Hall–Kier alpha value is -1.31. The average molecular weight is 322 g/mol. The van der Waals surface area contributed by atoms with E-state index in [1.54, 1.807) is 18.3 Å². The number of morpholine rings is 1.